The molecule has 0 saturated carbocycles. The van der Waals surface area contributed by atoms with E-state index in [0.29, 0.717) is 33.2 Å². The molecule has 0 spiro atoms. The van der Waals surface area contributed by atoms with Gasteiger partial charge in [0.25, 0.3) is 5.22 Å². The number of hydrogen-bond acceptors (Lipinski definition) is 7. The molecule has 5 aromatic rings. The SMILES string of the molecule is COc1cc2c(cc1NC(=O)CSc1nnc(-c3ccc(Cl)cc3)o1)oc1ccccc12. The lowest BCUT2D eigenvalue weighted by Crippen LogP contribution is -2.14. The molecule has 2 aromatic heterocycles. The predicted molar refractivity (Wildman–Crippen MR) is 124 cm³/mol. The summed E-state index contributed by atoms with van der Waals surface area (Å²) in [4.78, 5) is 12.6. The van der Waals surface area contributed by atoms with Crippen molar-refractivity contribution in [3.63, 3.8) is 0 Å². The smallest absolute Gasteiger partial charge is 0.277 e. The first-order valence-corrected chi connectivity index (χ1v) is 11.0. The zero-order chi connectivity index (χ0) is 22.1. The van der Waals surface area contributed by atoms with Crippen molar-refractivity contribution in [3.05, 3.63) is 65.7 Å². The van der Waals surface area contributed by atoms with E-state index in [4.69, 9.17) is 25.2 Å². The van der Waals surface area contributed by atoms with E-state index < -0.39 is 0 Å². The maximum absolute atomic E-state index is 12.6. The van der Waals surface area contributed by atoms with E-state index in [1.807, 2.05) is 30.3 Å². The highest BCUT2D eigenvalue weighted by molar-refractivity contribution is 7.99. The lowest BCUT2D eigenvalue weighted by atomic mass is 10.1. The number of carbonyl (C=O) groups is 1. The van der Waals surface area contributed by atoms with E-state index in [2.05, 4.69) is 15.5 Å². The number of anilines is 1. The highest BCUT2D eigenvalue weighted by atomic mass is 35.5. The number of amides is 1. The molecule has 0 bridgehead atoms. The molecular weight excluding hydrogens is 450 g/mol. The van der Waals surface area contributed by atoms with Crippen LogP contribution in [0.2, 0.25) is 5.02 Å². The van der Waals surface area contributed by atoms with E-state index in [9.17, 15) is 4.79 Å². The van der Waals surface area contributed by atoms with Gasteiger partial charge in [-0.15, -0.1) is 10.2 Å². The molecule has 2 heterocycles. The molecule has 1 amide bonds. The predicted octanol–water partition coefficient (Wildman–Crippen LogP) is 6.03. The van der Waals surface area contributed by atoms with Gasteiger partial charge in [0.15, 0.2) is 0 Å². The average molecular weight is 466 g/mol. The number of carbonyl (C=O) groups excluding carboxylic acids is 1. The second-order valence-electron chi connectivity index (χ2n) is 6.86. The summed E-state index contributed by atoms with van der Waals surface area (Å²) in [6.45, 7) is 0. The molecule has 1 N–H and O–H groups in total. The molecule has 0 saturated heterocycles. The van der Waals surface area contributed by atoms with E-state index in [1.165, 1.54) is 0 Å². The first-order valence-electron chi connectivity index (χ1n) is 9.62. The molecule has 0 radical (unpaired) electrons. The van der Waals surface area contributed by atoms with Gasteiger partial charge in [0, 0.05) is 27.4 Å². The van der Waals surface area contributed by atoms with Crippen molar-refractivity contribution in [2.75, 3.05) is 18.2 Å². The molecule has 7 nitrogen and oxygen atoms in total. The largest absolute Gasteiger partial charge is 0.495 e. The monoisotopic (exact) mass is 465 g/mol. The number of hydrogen-bond donors (Lipinski definition) is 1. The van der Waals surface area contributed by atoms with Crippen LogP contribution in [-0.2, 0) is 4.79 Å². The van der Waals surface area contributed by atoms with Crippen LogP contribution in [0.5, 0.6) is 5.75 Å². The molecule has 0 fully saturated rings. The minimum atomic E-state index is -0.241. The summed E-state index contributed by atoms with van der Waals surface area (Å²) in [6, 6.07) is 18.4. The maximum atomic E-state index is 12.6. The Kier molecular flexibility index (Phi) is 5.46. The highest BCUT2D eigenvalue weighted by Crippen LogP contribution is 2.36. The lowest BCUT2D eigenvalue weighted by Gasteiger charge is -2.09. The van der Waals surface area contributed by atoms with Gasteiger partial charge in [0.05, 0.1) is 18.6 Å². The number of thioether (sulfide) groups is 1. The van der Waals surface area contributed by atoms with E-state index >= 15 is 0 Å². The fourth-order valence-corrected chi connectivity index (χ4v) is 4.00. The first-order chi connectivity index (χ1) is 15.6. The van der Waals surface area contributed by atoms with Crippen LogP contribution in [0.4, 0.5) is 5.69 Å². The van der Waals surface area contributed by atoms with Crippen LogP contribution < -0.4 is 10.1 Å². The van der Waals surface area contributed by atoms with Crippen LogP contribution in [0.15, 0.2) is 74.7 Å². The molecule has 5 rings (SSSR count). The van der Waals surface area contributed by atoms with Gasteiger partial charge in [-0.25, -0.2) is 0 Å². The molecule has 160 valence electrons. The summed E-state index contributed by atoms with van der Waals surface area (Å²) in [6.07, 6.45) is 0. The van der Waals surface area contributed by atoms with Crippen LogP contribution in [0, 0.1) is 0 Å². The van der Waals surface area contributed by atoms with Crippen molar-refractivity contribution < 1.29 is 18.4 Å². The van der Waals surface area contributed by atoms with Crippen molar-refractivity contribution in [2.45, 2.75) is 5.22 Å². The number of ether oxygens (including phenoxy) is 1. The van der Waals surface area contributed by atoms with Crippen LogP contribution in [0.1, 0.15) is 0 Å². The third-order valence-electron chi connectivity index (χ3n) is 4.80. The van der Waals surface area contributed by atoms with Gasteiger partial charge in [-0.2, -0.15) is 0 Å². The number of fused-ring (bicyclic) bond motifs is 3. The Morgan fingerprint density at radius 1 is 1.03 bits per heavy atom. The zero-order valence-corrected chi connectivity index (χ0v) is 18.4. The average Bonchev–Trinajstić information content (AvgIpc) is 3.42. The molecule has 0 unspecified atom stereocenters. The maximum Gasteiger partial charge on any atom is 0.277 e. The van der Waals surface area contributed by atoms with Gasteiger partial charge in [0.1, 0.15) is 16.9 Å². The Hall–Kier alpha value is -3.49. The van der Waals surface area contributed by atoms with Crippen LogP contribution >= 0.6 is 23.4 Å². The van der Waals surface area contributed by atoms with Crippen molar-refractivity contribution in [3.8, 4) is 17.2 Å². The number of aromatic nitrogens is 2. The summed E-state index contributed by atoms with van der Waals surface area (Å²) in [5, 5.41) is 13.7. The number of methoxy groups -OCH3 is 1. The standard InChI is InChI=1S/C23H16ClN3O4S/c1-29-20-10-16-15-4-2-3-5-18(15)30-19(16)11-17(20)25-21(28)12-32-23-27-26-22(31-23)13-6-8-14(24)9-7-13/h2-11H,12H2,1H3,(H,25,28). The number of rotatable bonds is 6. The van der Waals surface area contributed by atoms with Crippen LogP contribution in [-0.4, -0.2) is 29.0 Å². The molecule has 0 aliphatic rings. The van der Waals surface area contributed by atoms with Gasteiger partial charge >= 0.3 is 0 Å². The zero-order valence-electron chi connectivity index (χ0n) is 16.8. The fourth-order valence-electron chi connectivity index (χ4n) is 3.31. The summed E-state index contributed by atoms with van der Waals surface area (Å²) < 4.78 is 17.0. The summed E-state index contributed by atoms with van der Waals surface area (Å²) in [7, 11) is 1.56. The normalized spacial score (nSPS) is 11.2. The number of para-hydroxylation sites is 1. The van der Waals surface area contributed by atoms with Crippen molar-refractivity contribution >= 4 is 56.9 Å². The van der Waals surface area contributed by atoms with E-state index in [0.717, 1.165) is 33.7 Å². The summed E-state index contributed by atoms with van der Waals surface area (Å²) in [5.74, 6) is 0.755. The third kappa shape index (κ3) is 4.02. The molecule has 0 atom stereocenters. The summed E-state index contributed by atoms with van der Waals surface area (Å²) in [5.41, 5.74) is 2.72. The molecule has 32 heavy (non-hydrogen) atoms. The number of nitrogens with one attached hydrogen (secondary N) is 1. The molecule has 9 heteroatoms. The second-order valence-corrected chi connectivity index (χ2v) is 8.23. The van der Waals surface area contributed by atoms with Gasteiger partial charge < -0.3 is 18.9 Å². The Labute approximate surface area is 191 Å². The highest BCUT2D eigenvalue weighted by Gasteiger charge is 2.16. The molecule has 0 aliphatic heterocycles. The Bertz CT molecular complexity index is 1430. The Morgan fingerprint density at radius 3 is 2.66 bits per heavy atom. The molecule has 3 aromatic carbocycles. The van der Waals surface area contributed by atoms with Crippen molar-refractivity contribution in [1.29, 1.82) is 0 Å². The van der Waals surface area contributed by atoms with Gasteiger partial charge in [-0.3, -0.25) is 4.79 Å². The summed E-state index contributed by atoms with van der Waals surface area (Å²) >= 11 is 7.04. The van der Waals surface area contributed by atoms with Gasteiger partial charge in [-0.05, 0) is 36.4 Å². The van der Waals surface area contributed by atoms with Crippen LogP contribution in [0.3, 0.4) is 0 Å². The Morgan fingerprint density at radius 2 is 1.84 bits per heavy atom. The first kappa shape index (κ1) is 20.4. The third-order valence-corrected chi connectivity index (χ3v) is 5.87. The quantitative estimate of drug-likeness (QED) is 0.306. The molecule has 0 aliphatic carbocycles. The second kappa shape index (κ2) is 8.57. The molecular formula is C23H16ClN3O4S. The Balaban J connectivity index is 1.30. The van der Waals surface area contributed by atoms with Gasteiger partial charge in [-0.1, -0.05) is 41.6 Å². The van der Waals surface area contributed by atoms with Gasteiger partial charge in [0.2, 0.25) is 11.8 Å². The minimum absolute atomic E-state index is 0.0869. The minimum Gasteiger partial charge on any atom is -0.495 e. The topological polar surface area (TPSA) is 90.4 Å². The number of halogens is 1. The van der Waals surface area contributed by atoms with Crippen molar-refractivity contribution in [1.82, 2.24) is 10.2 Å². The van der Waals surface area contributed by atoms with E-state index in [-0.39, 0.29) is 11.7 Å². The van der Waals surface area contributed by atoms with Crippen LogP contribution in [0.25, 0.3) is 33.4 Å². The van der Waals surface area contributed by atoms with Crippen molar-refractivity contribution in [2.24, 2.45) is 0 Å². The number of furan rings is 1. The lowest BCUT2D eigenvalue weighted by molar-refractivity contribution is -0.113. The number of benzene rings is 3. The van der Waals surface area contributed by atoms with E-state index in [1.54, 1.807) is 37.4 Å². The fraction of sp³-hybridized carbons (Fsp3) is 0.0870. The number of nitrogens with zero attached hydrogens (tertiary/aromatic N) is 2.